The number of anilines is 1. The van der Waals surface area contributed by atoms with Gasteiger partial charge in [-0.15, -0.1) is 11.3 Å². The van der Waals surface area contributed by atoms with E-state index < -0.39 is 0 Å². The molecule has 7 heteroatoms. The monoisotopic (exact) mass is 484 g/mol. The molecule has 164 valence electrons. The van der Waals surface area contributed by atoms with E-state index in [4.69, 9.17) is 32.9 Å². The van der Waals surface area contributed by atoms with Crippen LogP contribution >= 0.6 is 34.5 Å². The van der Waals surface area contributed by atoms with Crippen molar-refractivity contribution in [1.29, 1.82) is 0 Å². The van der Waals surface area contributed by atoms with Crippen LogP contribution in [0.3, 0.4) is 0 Å². The van der Waals surface area contributed by atoms with Gasteiger partial charge in [-0.3, -0.25) is 4.79 Å². The van der Waals surface area contributed by atoms with E-state index in [-0.39, 0.29) is 5.91 Å². The Bertz CT molecular complexity index is 1250. The zero-order valence-corrected chi connectivity index (χ0v) is 20.1. The minimum atomic E-state index is -0.294. The van der Waals surface area contributed by atoms with Gasteiger partial charge in [0.2, 0.25) is 0 Å². The summed E-state index contributed by atoms with van der Waals surface area (Å²) in [6, 6.07) is 17.0. The second-order valence-electron chi connectivity index (χ2n) is 7.49. The number of hydrogen-bond acceptors (Lipinski definition) is 4. The van der Waals surface area contributed by atoms with Gasteiger partial charge >= 0.3 is 0 Å². The summed E-state index contributed by atoms with van der Waals surface area (Å²) in [5.41, 5.74) is 4.25. The lowest BCUT2D eigenvalue weighted by molar-refractivity contribution is 0.102. The van der Waals surface area contributed by atoms with Crippen LogP contribution in [0.2, 0.25) is 10.0 Å². The summed E-state index contributed by atoms with van der Waals surface area (Å²) in [5, 5.41) is 4.47. The highest BCUT2D eigenvalue weighted by molar-refractivity contribution is 7.21. The van der Waals surface area contributed by atoms with Gasteiger partial charge in [0, 0.05) is 16.8 Å². The average molecular weight is 485 g/mol. The second-order valence-corrected chi connectivity index (χ2v) is 9.34. The van der Waals surface area contributed by atoms with Crippen LogP contribution in [0.4, 0.5) is 5.69 Å². The van der Waals surface area contributed by atoms with Crippen LogP contribution in [0.25, 0.3) is 20.8 Å². The van der Waals surface area contributed by atoms with Crippen molar-refractivity contribution in [2.24, 2.45) is 0 Å². The normalized spacial score (nSPS) is 11.0. The fourth-order valence-electron chi connectivity index (χ4n) is 3.20. The van der Waals surface area contributed by atoms with Crippen molar-refractivity contribution in [1.82, 2.24) is 4.98 Å². The molecule has 1 N–H and O–H groups in total. The Morgan fingerprint density at radius 3 is 2.47 bits per heavy atom. The Hall–Kier alpha value is -2.60. The van der Waals surface area contributed by atoms with Gasteiger partial charge in [0.05, 0.1) is 26.9 Å². The number of unbranched alkanes of at least 4 members (excludes halogenated alkanes) is 1. The van der Waals surface area contributed by atoms with E-state index in [2.05, 4.69) is 31.3 Å². The van der Waals surface area contributed by atoms with E-state index >= 15 is 0 Å². The van der Waals surface area contributed by atoms with Crippen LogP contribution in [0.1, 0.15) is 35.7 Å². The maximum absolute atomic E-state index is 12.7. The Morgan fingerprint density at radius 1 is 1.06 bits per heavy atom. The Kier molecular flexibility index (Phi) is 6.99. The van der Waals surface area contributed by atoms with Gasteiger partial charge < -0.3 is 10.1 Å². The number of carbonyl (C=O) groups excluding carboxylic acids is 1. The van der Waals surface area contributed by atoms with Crippen molar-refractivity contribution in [3.8, 4) is 16.3 Å². The quantitative estimate of drug-likeness (QED) is 0.270. The number of carbonyl (C=O) groups is 1. The topological polar surface area (TPSA) is 51.2 Å². The summed E-state index contributed by atoms with van der Waals surface area (Å²) >= 11 is 14.2. The molecule has 0 aliphatic carbocycles. The number of nitrogens with one attached hydrogen (secondary N) is 1. The molecule has 0 fully saturated rings. The molecule has 1 amide bonds. The number of fused-ring (bicyclic) bond motifs is 1. The summed E-state index contributed by atoms with van der Waals surface area (Å²) in [5.74, 6) is 0.117. The largest absolute Gasteiger partial charge is 0.490 e. The zero-order chi connectivity index (χ0) is 22.7. The summed E-state index contributed by atoms with van der Waals surface area (Å²) in [6.45, 7) is 4.68. The van der Waals surface area contributed by atoms with E-state index in [1.165, 1.54) is 5.56 Å². The number of amides is 1. The highest BCUT2D eigenvalue weighted by Crippen LogP contribution is 2.35. The number of ether oxygens (including phenoxy) is 1. The van der Waals surface area contributed by atoms with Crippen LogP contribution in [0.15, 0.2) is 54.6 Å². The molecule has 4 rings (SSSR count). The minimum absolute atomic E-state index is 0.294. The molecular formula is C25H22Cl2N2O2S. The van der Waals surface area contributed by atoms with E-state index in [1.807, 2.05) is 30.3 Å². The molecule has 0 saturated carbocycles. The third kappa shape index (κ3) is 5.07. The van der Waals surface area contributed by atoms with Gasteiger partial charge in [0.25, 0.3) is 5.91 Å². The molecule has 32 heavy (non-hydrogen) atoms. The SMILES string of the molecule is CCCCOc1c(Cl)cc(C(=O)Nc2ccc(-c3nc4ccc(C)cc4s3)cc2)cc1Cl. The molecule has 0 aliphatic heterocycles. The predicted octanol–water partition coefficient (Wildman–Crippen LogP) is 8.01. The number of rotatable bonds is 7. The van der Waals surface area contributed by atoms with Gasteiger partial charge in [0.1, 0.15) is 5.01 Å². The van der Waals surface area contributed by atoms with Crippen LogP contribution in [-0.4, -0.2) is 17.5 Å². The summed E-state index contributed by atoms with van der Waals surface area (Å²) in [6.07, 6.45) is 1.91. The van der Waals surface area contributed by atoms with E-state index in [9.17, 15) is 4.79 Å². The number of aryl methyl sites for hydroxylation is 1. The molecule has 1 aromatic heterocycles. The van der Waals surface area contributed by atoms with Crippen molar-refractivity contribution in [2.75, 3.05) is 11.9 Å². The zero-order valence-electron chi connectivity index (χ0n) is 17.7. The number of hydrogen-bond donors (Lipinski definition) is 1. The molecule has 3 aromatic carbocycles. The van der Waals surface area contributed by atoms with Crippen LogP contribution < -0.4 is 10.1 Å². The van der Waals surface area contributed by atoms with E-state index in [1.54, 1.807) is 23.5 Å². The maximum Gasteiger partial charge on any atom is 0.255 e. The number of aromatic nitrogens is 1. The number of thiazole rings is 1. The molecule has 4 nitrogen and oxygen atoms in total. The third-order valence-corrected chi connectivity index (χ3v) is 6.57. The van der Waals surface area contributed by atoms with Crippen molar-refractivity contribution in [2.45, 2.75) is 26.7 Å². The lowest BCUT2D eigenvalue weighted by Gasteiger charge is -2.12. The lowest BCUT2D eigenvalue weighted by Crippen LogP contribution is -2.12. The molecule has 0 spiro atoms. The highest BCUT2D eigenvalue weighted by Gasteiger charge is 2.15. The Morgan fingerprint density at radius 2 is 1.78 bits per heavy atom. The molecule has 4 aromatic rings. The van der Waals surface area contributed by atoms with E-state index in [0.717, 1.165) is 33.6 Å². The fourth-order valence-corrected chi connectivity index (χ4v) is 4.87. The standard InChI is InChI=1S/C25H22Cl2N2O2S/c1-3-4-11-31-23-19(26)13-17(14-20(23)27)24(30)28-18-8-6-16(7-9-18)25-29-21-10-5-15(2)12-22(21)32-25/h5-10,12-14H,3-4,11H2,1-2H3,(H,28,30). The summed E-state index contributed by atoms with van der Waals surface area (Å²) < 4.78 is 6.80. The number of benzene rings is 3. The first kappa shape index (κ1) is 22.6. The molecular weight excluding hydrogens is 463 g/mol. The number of halogens is 2. The van der Waals surface area contributed by atoms with Gasteiger partial charge in [-0.25, -0.2) is 4.98 Å². The van der Waals surface area contributed by atoms with Crippen molar-refractivity contribution in [3.05, 3.63) is 75.8 Å². The summed E-state index contributed by atoms with van der Waals surface area (Å²) in [7, 11) is 0. The first-order valence-corrected chi connectivity index (χ1v) is 11.9. The van der Waals surface area contributed by atoms with Gasteiger partial charge in [0.15, 0.2) is 5.75 Å². The minimum Gasteiger partial charge on any atom is -0.490 e. The van der Waals surface area contributed by atoms with Crippen molar-refractivity contribution < 1.29 is 9.53 Å². The van der Waals surface area contributed by atoms with Gasteiger partial charge in [-0.2, -0.15) is 0 Å². The van der Waals surface area contributed by atoms with Crippen LogP contribution in [0, 0.1) is 6.92 Å². The smallest absolute Gasteiger partial charge is 0.255 e. The molecule has 0 radical (unpaired) electrons. The fraction of sp³-hybridized carbons (Fsp3) is 0.200. The molecule has 0 aliphatic rings. The van der Waals surface area contributed by atoms with Crippen molar-refractivity contribution in [3.63, 3.8) is 0 Å². The van der Waals surface area contributed by atoms with Crippen LogP contribution in [0.5, 0.6) is 5.75 Å². The lowest BCUT2D eigenvalue weighted by atomic mass is 10.1. The first-order valence-electron chi connectivity index (χ1n) is 10.4. The third-order valence-electron chi connectivity index (χ3n) is 4.94. The van der Waals surface area contributed by atoms with Gasteiger partial charge in [-0.1, -0.05) is 42.6 Å². The van der Waals surface area contributed by atoms with E-state index in [0.29, 0.717) is 33.7 Å². The second kappa shape index (κ2) is 9.90. The predicted molar refractivity (Wildman–Crippen MR) is 135 cm³/mol. The molecule has 0 bridgehead atoms. The average Bonchev–Trinajstić information content (AvgIpc) is 3.19. The molecule has 0 saturated heterocycles. The molecule has 1 heterocycles. The first-order chi connectivity index (χ1) is 15.4. The summed E-state index contributed by atoms with van der Waals surface area (Å²) in [4.78, 5) is 17.4. The molecule has 0 atom stereocenters. The molecule has 0 unspecified atom stereocenters. The van der Waals surface area contributed by atoms with Gasteiger partial charge in [-0.05, 0) is 67.4 Å². The highest BCUT2D eigenvalue weighted by atomic mass is 35.5. The number of nitrogens with zero attached hydrogens (tertiary/aromatic N) is 1. The van der Waals surface area contributed by atoms with Crippen molar-refractivity contribution >= 4 is 56.3 Å². The maximum atomic E-state index is 12.7. The van der Waals surface area contributed by atoms with Crippen LogP contribution in [-0.2, 0) is 0 Å². The Labute approximate surface area is 201 Å². The Balaban J connectivity index is 1.47.